The lowest BCUT2D eigenvalue weighted by molar-refractivity contribution is 0.572. The maximum absolute atomic E-state index is 4.80. The Kier molecular flexibility index (Phi) is 3.89. The summed E-state index contributed by atoms with van der Waals surface area (Å²) in [5.41, 5.74) is 5.27. The highest BCUT2D eigenvalue weighted by atomic mass is 127. The number of aryl methyl sites for hydroxylation is 1. The van der Waals surface area contributed by atoms with Crippen LogP contribution in [0.2, 0.25) is 0 Å². The molecule has 1 aliphatic rings. The van der Waals surface area contributed by atoms with Crippen LogP contribution in [0.25, 0.3) is 10.9 Å². The molecule has 2 nitrogen and oxygen atoms in total. The maximum atomic E-state index is 4.80. The van der Waals surface area contributed by atoms with E-state index in [0.29, 0.717) is 6.04 Å². The lowest BCUT2D eigenvalue weighted by Gasteiger charge is -2.29. The molecule has 3 rings (SSSR count). The Morgan fingerprint density at radius 1 is 1.30 bits per heavy atom. The van der Waals surface area contributed by atoms with E-state index in [0.717, 1.165) is 18.5 Å². The van der Waals surface area contributed by atoms with Crippen molar-refractivity contribution in [3.63, 3.8) is 0 Å². The quantitative estimate of drug-likeness (QED) is 0.718. The Hall–Kier alpha value is -0.840. The summed E-state index contributed by atoms with van der Waals surface area (Å²) in [6.45, 7) is 7.90. The van der Waals surface area contributed by atoms with Gasteiger partial charge in [-0.3, -0.25) is 4.98 Å². The molecule has 0 radical (unpaired) electrons. The summed E-state index contributed by atoms with van der Waals surface area (Å²) in [6.07, 6.45) is 3.57. The number of pyridine rings is 1. The van der Waals surface area contributed by atoms with Crippen LogP contribution in [0.4, 0.5) is 5.69 Å². The summed E-state index contributed by atoms with van der Waals surface area (Å²) in [4.78, 5) is 7.43. The van der Waals surface area contributed by atoms with E-state index in [1.165, 1.54) is 38.7 Å². The highest BCUT2D eigenvalue weighted by Crippen LogP contribution is 2.39. The highest BCUT2D eigenvalue weighted by molar-refractivity contribution is 14.1. The Morgan fingerprint density at radius 3 is 2.75 bits per heavy atom. The number of fused-ring (bicyclic) bond motifs is 3. The molecule has 0 atom stereocenters. The van der Waals surface area contributed by atoms with Gasteiger partial charge in [0.1, 0.15) is 0 Å². The third-order valence-corrected chi connectivity index (χ3v) is 5.17. The normalized spacial score (nSPS) is 14.3. The Balaban J connectivity index is 2.25. The molecule has 0 bridgehead atoms. The zero-order valence-corrected chi connectivity index (χ0v) is 14.6. The number of hydrogen-bond donors (Lipinski definition) is 0. The summed E-state index contributed by atoms with van der Waals surface area (Å²) in [7, 11) is 0. The molecule has 1 aliphatic heterocycles. The molecule has 0 spiro atoms. The van der Waals surface area contributed by atoms with Gasteiger partial charge in [0.25, 0.3) is 0 Å². The van der Waals surface area contributed by atoms with E-state index in [-0.39, 0.29) is 0 Å². The SMILES string of the molecule is CCC(CC)N1CCc2c(C)nc3ccc(I)cc3c21. The predicted octanol–water partition coefficient (Wildman–Crippen LogP) is 4.70. The van der Waals surface area contributed by atoms with Gasteiger partial charge in [0.2, 0.25) is 0 Å². The van der Waals surface area contributed by atoms with Gasteiger partial charge in [0, 0.05) is 27.2 Å². The van der Waals surface area contributed by atoms with E-state index in [1.807, 2.05) is 0 Å². The van der Waals surface area contributed by atoms with Crippen molar-refractivity contribution in [1.82, 2.24) is 4.98 Å². The van der Waals surface area contributed by atoms with Gasteiger partial charge in [-0.2, -0.15) is 0 Å². The van der Waals surface area contributed by atoms with Crippen molar-refractivity contribution in [2.75, 3.05) is 11.4 Å². The molecule has 1 aromatic carbocycles. The monoisotopic (exact) mass is 380 g/mol. The van der Waals surface area contributed by atoms with Crippen LogP contribution in [-0.2, 0) is 6.42 Å². The molecule has 0 aliphatic carbocycles. The number of nitrogens with zero attached hydrogens (tertiary/aromatic N) is 2. The van der Waals surface area contributed by atoms with Crippen LogP contribution in [0.1, 0.15) is 37.9 Å². The van der Waals surface area contributed by atoms with E-state index >= 15 is 0 Å². The minimum absolute atomic E-state index is 0.652. The fourth-order valence-corrected chi connectivity index (χ4v) is 3.93. The molecule has 20 heavy (non-hydrogen) atoms. The average molecular weight is 380 g/mol. The Morgan fingerprint density at radius 2 is 2.05 bits per heavy atom. The molecule has 106 valence electrons. The molecule has 0 saturated carbocycles. The zero-order chi connectivity index (χ0) is 14.3. The molecule has 2 heterocycles. The van der Waals surface area contributed by atoms with E-state index in [9.17, 15) is 0 Å². The lowest BCUT2D eigenvalue weighted by atomic mass is 10.0. The molecule has 2 aromatic rings. The molecular weight excluding hydrogens is 359 g/mol. The Bertz CT molecular complexity index is 647. The topological polar surface area (TPSA) is 16.1 Å². The van der Waals surface area contributed by atoms with E-state index in [4.69, 9.17) is 4.98 Å². The molecule has 3 heteroatoms. The second-order valence-corrected chi connectivity index (χ2v) is 6.85. The van der Waals surface area contributed by atoms with E-state index in [2.05, 4.69) is 66.5 Å². The van der Waals surface area contributed by atoms with Crippen LogP contribution in [0.5, 0.6) is 0 Å². The third kappa shape index (κ3) is 2.20. The van der Waals surface area contributed by atoms with Crippen LogP contribution < -0.4 is 4.90 Å². The van der Waals surface area contributed by atoms with Gasteiger partial charge < -0.3 is 4.90 Å². The zero-order valence-electron chi connectivity index (χ0n) is 12.4. The smallest absolute Gasteiger partial charge is 0.0726 e. The summed E-state index contributed by atoms with van der Waals surface area (Å²) in [6, 6.07) is 7.26. The van der Waals surface area contributed by atoms with Crippen molar-refractivity contribution >= 4 is 39.2 Å². The number of anilines is 1. The van der Waals surface area contributed by atoms with Gasteiger partial charge in [-0.15, -0.1) is 0 Å². The number of rotatable bonds is 3. The summed E-state index contributed by atoms with van der Waals surface area (Å²) in [5.74, 6) is 0. The standard InChI is InChI=1S/C17H21IN2/c1-4-13(5-2)20-9-8-14-11(3)19-16-7-6-12(18)10-15(16)17(14)20/h6-7,10,13H,4-5,8-9H2,1-3H3. The van der Waals surface area contributed by atoms with Crippen molar-refractivity contribution < 1.29 is 0 Å². The van der Waals surface area contributed by atoms with Crippen molar-refractivity contribution in [2.45, 2.75) is 46.1 Å². The van der Waals surface area contributed by atoms with Crippen LogP contribution in [0.15, 0.2) is 18.2 Å². The molecule has 0 unspecified atom stereocenters. The lowest BCUT2D eigenvalue weighted by Crippen LogP contribution is -2.32. The minimum Gasteiger partial charge on any atom is -0.367 e. The molecule has 0 amide bonds. The summed E-state index contributed by atoms with van der Waals surface area (Å²) < 4.78 is 1.29. The molecule has 0 N–H and O–H groups in total. The van der Waals surface area contributed by atoms with Crippen molar-refractivity contribution in [1.29, 1.82) is 0 Å². The second kappa shape index (κ2) is 5.51. The first-order valence-corrected chi connectivity index (χ1v) is 8.59. The number of halogens is 1. The number of hydrogen-bond acceptors (Lipinski definition) is 2. The van der Waals surface area contributed by atoms with Crippen LogP contribution >= 0.6 is 22.6 Å². The van der Waals surface area contributed by atoms with E-state index in [1.54, 1.807) is 0 Å². The van der Waals surface area contributed by atoms with Crippen molar-refractivity contribution in [3.05, 3.63) is 33.0 Å². The molecule has 0 saturated heterocycles. The van der Waals surface area contributed by atoms with Crippen LogP contribution in [0.3, 0.4) is 0 Å². The summed E-state index contributed by atoms with van der Waals surface area (Å²) >= 11 is 2.40. The van der Waals surface area contributed by atoms with Gasteiger partial charge in [-0.25, -0.2) is 0 Å². The maximum Gasteiger partial charge on any atom is 0.0726 e. The first-order valence-electron chi connectivity index (χ1n) is 7.51. The number of benzene rings is 1. The first kappa shape index (κ1) is 14.1. The average Bonchev–Trinajstić information content (AvgIpc) is 2.87. The van der Waals surface area contributed by atoms with Gasteiger partial charge in [-0.05, 0) is 72.5 Å². The van der Waals surface area contributed by atoms with E-state index < -0.39 is 0 Å². The first-order chi connectivity index (χ1) is 9.65. The fourth-order valence-electron chi connectivity index (χ4n) is 3.44. The summed E-state index contributed by atoms with van der Waals surface area (Å²) in [5, 5.41) is 1.34. The fraction of sp³-hybridized carbons (Fsp3) is 0.471. The molecule has 1 aromatic heterocycles. The van der Waals surface area contributed by atoms with Crippen LogP contribution in [0, 0.1) is 10.5 Å². The minimum atomic E-state index is 0.652. The molecular formula is C17H21IN2. The largest absolute Gasteiger partial charge is 0.367 e. The molecule has 0 fully saturated rings. The van der Waals surface area contributed by atoms with Gasteiger partial charge >= 0.3 is 0 Å². The van der Waals surface area contributed by atoms with Gasteiger partial charge in [0.05, 0.1) is 11.2 Å². The number of aromatic nitrogens is 1. The predicted molar refractivity (Wildman–Crippen MR) is 94.6 cm³/mol. The second-order valence-electron chi connectivity index (χ2n) is 5.60. The third-order valence-electron chi connectivity index (χ3n) is 4.50. The van der Waals surface area contributed by atoms with Crippen LogP contribution in [-0.4, -0.2) is 17.6 Å². The van der Waals surface area contributed by atoms with Crippen molar-refractivity contribution in [3.8, 4) is 0 Å². The van der Waals surface area contributed by atoms with Gasteiger partial charge in [0.15, 0.2) is 0 Å². The van der Waals surface area contributed by atoms with Gasteiger partial charge in [-0.1, -0.05) is 13.8 Å². The van der Waals surface area contributed by atoms with Crippen molar-refractivity contribution in [2.24, 2.45) is 0 Å². The Labute approximate surface area is 134 Å². The highest BCUT2D eigenvalue weighted by Gasteiger charge is 2.28.